The number of nitrogens with two attached hydrogens (primary N) is 1. The van der Waals surface area contributed by atoms with E-state index < -0.39 is 0 Å². The lowest BCUT2D eigenvalue weighted by atomic mass is 10.3. The number of pyridine rings is 1. The minimum atomic E-state index is 0.0951. The van der Waals surface area contributed by atoms with Gasteiger partial charge < -0.3 is 15.4 Å². The van der Waals surface area contributed by atoms with Gasteiger partial charge in [0.1, 0.15) is 0 Å². The lowest BCUT2D eigenvalue weighted by Crippen LogP contribution is -2.38. The summed E-state index contributed by atoms with van der Waals surface area (Å²) in [6, 6.07) is 4.08. The predicted molar refractivity (Wildman–Crippen MR) is 55.2 cm³/mol. The molecule has 2 heterocycles. The molecule has 0 radical (unpaired) electrons. The maximum absolute atomic E-state index is 5.88. The van der Waals surface area contributed by atoms with E-state index in [0.29, 0.717) is 6.61 Å². The molecule has 0 amide bonds. The lowest BCUT2D eigenvalue weighted by Gasteiger charge is -2.23. The van der Waals surface area contributed by atoms with Gasteiger partial charge in [-0.1, -0.05) is 0 Å². The first-order valence-corrected chi connectivity index (χ1v) is 4.84. The van der Waals surface area contributed by atoms with Crippen molar-refractivity contribution in [1.82, 2.24) is 4.98 Å². The Labute approximate surface area is 83.7 Å². The second-order valence-corrected chi connectivity index (χ2v) is 3.49. The Bertz CT molecular complexity index is 278. The van der Waals surface area contributed by atoms with Crippen LogP contribution in [-0.4, -0.2) is 37.3 Å². The highest BCUT2D eigenvalue weighted by Crippen LogP contribution is 2.12. The molecule has 2 N–H and O–H groups in total. The van der Waals surface area contributed by atoms with Gasteiger partial charge in [0, 0.05) is 25.3 Å². The first-order chi connectivity index (χ1) is 6.86. The quantitative estimate of drug-likeness (QED) is 0.694. The normalized spacial score (nSPS) is 23.2. The molecule has 1 aromatic heterocycles. The van der Waals surface area contributed by atoms with Gasteiger partial charge in [0.05, 0.1) is 25.1 Å². The van der Waals surface area contributed by atoms with Gasteiger partial charge in [-0.3, -0.25) is 4.98 Å². The van der Waals surface area contributed by atoms with Gasteiger partial charge in [0.2, 0.25) is 0 Å². The number of aromatic nitrogens is 1. The van der Waals surface area contributed by atoms with E-state index in [1.807, 2.05) is 18.3 Å². The van der Waals surface area contributed by atoms with Gasteiger partial charge >= 0.3 is 0 Å². The van der Waals surface area contributed by atoms with Gasteiger partial charge in [0.25, 0.3) is 0 Å². The smallest absolute Gasteiger partial charge is 0.0642 e. The molecule has 0 spiro atoms. The van der Waals surface area contributed by atoms with Crippen molar-refractivity contribution in [3.63, 3.8) is 0 Å². The van der Waals surface area contributed by atoms with Crippen LogP contribution in [0.3, 0.4) is 0 Å². The van der Waals surface area contributed by atoms with Crippen LogP contribution in [0.5, 0.6) is 0 Å². The molecule has 4 heteroatoms. The van der Waals surface area contributed by atoms with Crippen LogP contribution in [0.2, 0.25) is 0 Å². The van der Waals surface area contributed by atoms with Crippen molar-refractivity contribution in [3.05, 3.63) is 24.5 Å². The monoisotopic (exact) mass is 193 g/mol. The molecule has 1 saturated heterocycles. The summed E-state index contributed by atoms with van der Waals surface area (Å²) < 4.78 is 5.37. The van der Waals surface area contributed by atoms with E-state index in [1.165, 1.54) is 0 Å². The summed E-state index contributed by atoms with van der Waals surface area (Å²) in [6.07, 6.45) is 3.63. The zero-order valence-electron chi connectivity index (χ0n) is 8.10. The molecule has 0 saturated carbocycles. The topological polar surface area (TPSA) is 51.4 Å². The van der Waals surface area contributed by atoms with Crippen molar-refractivity contribution in [2.24, 2.45) is 5.73 Å². The molecule has 1 unspecified atom stereocenters. The van der Waals surface area contributed by atoms with Crippen molar-refractivity contribution in [2.75, 3.05) is 31.2 Å². The highest BCUT2D eigenvalue weighted by molar-refractivity contribution is 5.43. The van der Waals surface area contributed by atoms with E-state index in [-0.39, 0.29) is 6.04 Å². The van der Waals surface area contributed by atoms with Crippen LogP contribution in [0.1, 0.15) is 0 Å². The molecular weight excluding hydrogens is 178 g/mol. The molecule has 0 bridgehead atoms. The highest BCUT2D eigenvalue weighted by atomic mass is 16.5. The van der Waals surface area contributed by atoms with E-state index >= 15 is 0 Å². The van der Waals surface area contributed by atoms with Gasteiger partial charge in [-0.15, -0.1) is 0 Å². The zero-order valence-corrected chi connectivity index (χ0v) is 8.10. The molecule has 1 aromatic rings. The second-order valence-electron chi connectivity index (χ2n) is 3.49. The summed E-state index contributed by atoms with van der Waals surface area (Å²) in [6.45, 7) is 3.12. The van der Waals surface area contributed by atoms with Gasteiger partial charge in [-0.25, -0.2) is 0 Å². The molecule has 2 rings (SSSR count). The minimum absolute atomic E-state index is 0.0951. The highest BCUT2D eigenvalue weighted by Gasteiger charge is 2.15. The molecule has 1 fully saturated rings. The summed E-state index contributed by atoms with van der Waals surface area (Å²) in [7, 11) is 0. The number of hydrogen-bond acceptors (Lipinski definition) is 4. The first kappa shape index (κ1) is 9.43. The Morgan fingerprint density at radius 1 is 1.57 bits per heavy atom. The van der Waals surface area contributed by atoms with Crippen molar-refractivity contribution in [2.45, 2.75) is 6.04 Å². The maximum atomic E-state index is 5.88. The molecule has 76 valence electrons. The average Bonchev–Trinajstić information content (AvgIpc) is 2.44. The molecule has 14 heavy (non-hydrogen) atoms. The third-order valence-corrected chi connectivity index (χ3v) is 2.30. The molecule has 0 aromatic carbocycles. The fourth-order valence-corrected chi connectivity index (χ4v) is 1.61. The van der Waals surface area contributed by atoms with Crippen molar-refractivity contribution < 1.29 is 4.74 Å². The Morgan fingerprint density at radius 3 is 3.29 bits per heavy atom. The third kappa shape index (κ3) is 2.21. The first-order valence-electron chi connectivity index (χ1n) is 4.84. The fourth-order valence-electron chi connectivity index (χ4n) is 1.61. The Hall–Kier alpha value is -1.13. The molecule has 1 aliphatic heterocycles. The number of hydrogen-bond donors (Lipinski definition) is 1. The number of rotatable bonds is 1. The molecule has 4 nitrogen and oxygen atoms in total. The van der Waals surface area contributed by atoms with Crippen LogP contribution in [0.4, 0.5) is 5.69 Å². The number of anilines is 1. The Kier molecular flexibility index (Phi) is 2.96. The summed E-state index contributed by atoms with van der Waals surface area (Å²) in [5.74, 6) is 0. The summed E-state index contributed by atoms with van der Waals surface area (Å²) >= 11 is 0. The Balaban J connectivity index is 2.09. The number of nitrogens with zero attached hydrogens (tertiary/aromatic N) is 2. The van der Waals surface area contributed by atoms with Crippen molar-refractivity contribution in [1.29, 1.82) is 0 Å². The summed E-state index contributed by atoms with van der Waals surface area (Å²) in [5, 5.41) is 0. The molecule has 1 atom stereocenters. The fraction of sp³-hybridized carbons (Fsp3) is 0.500. The standard InChI is InChI=1S/C10H15N3O/c11-9-7-13(4-5-14-8-9)10-2-1-3-12-6-10/h1-3,6,9H,4-5,7-8,11H2. The van der Waals surface area contributed by atoms with E-state index in [9.17, 15) is 0 Å². The predicted octanol–water partition coefficient (Wildman–Crippen LogP) is 0.245. The Morgan fingerprint density at radius 2 is 2.50 bits per heavy atom. The van der Waals surface area contributed by atoms with Crippen molar-refractivity contribution >= 4 is 5.69 Å². The molecule has 0 aliphatic carbocycles. The van der Waals surface area contributed by atoms with E-state index in [4.69, 9.17) is 10.5 Å². The van der Waals surface area contributed by atoms with Crippen LogP contribution in [0.25, 0.3) is 0 Å². The van der Waals surface area contributed by atoms with Crippen molar-refractivity contribution in [3.8, 4) is 0 Å². The minimum Gasteiger partial charge on any atom is -0.378 e. The number of ether oxygens (including phenoxy) is 1. The second kappa shape index (κ2) is 4.39. The summed E-state index contributed by atoms with van der Waals surface area (Å²) in [5.41, 5.74) is 6.99. The van der Waals surface area contributed by atoms with Gasteiger partial charge in [-0.2, -0.15) is 0 Å². The van der Waals surface area contributed by atoms with Crippen LogP contribution in [0.15, 0.2) is 24.5 Å². The van der Waals surface area contributed by atoms with Crippen LogP contribution >= 0.6 is 0 Å². The van der Waals surface area contributed by atoms with E-state index in [1.54, 1.807) is 6.20 Å². The SMILES string of the molecule is NC1COCCN(c2cccnc2)C1. The van der Waals surface area contributed by atoms with E-state index in [2.05, 4.69) is 9.88 Å². The van der Waals surface area contributed by atoms with Gasteiger partial charge in [0.15, 0.2) is 0 Å². The zero-order chi connectivity index (χ0) is 9.80. The maximum Gasteiger partial charge on any atom is 0.0642 e. The summed E-state index contributed by atoms with van der Waals surface area (Å²) in [4.78, 5) is 6.31. The van der Waals surface area contributed by atoms with Crippen LogP contribution in [-0.2, 0) is 4.74 Å². The lowest BCUT2D eigenvalue weighted by molar-refractivity contribution is 0.143. The largest absolute Gasteiger partial charge is 0.378 e. The van der Waals surface area contributed by atoms with Crippen LogP contribution in [0, 0.1) is 0 Å². The molecule has 1 aliphatic rings. The average molecular weight is 193 g/mol. The van der Waals surface area contributed by atoms with E-state index in [0.717, 1.165) is 25.4 Å². The van der Waals surface area contributed by atoms with Crippen LogP contribution < -0.4 is 10.6 Å². The third-order valence-electron chi connectivity index (χ3n) is 2.30. The van der Waals surface area contributed by atoms with Gasteiger partial charge in [-0.05, 0) is 12.1 Å². The molecular formula is C10H15N3O.